The van der Waals surface area contributed by atoms with Crippen molar-refractivity contribution in [1.29, 1.82) is 0 Å². The molecular formula is C9H13BrN4O4S. The Labute approximate surface area is 118 Å². The highest BCUT2D eigenvalue weighted by molar-refractivity contribution is 9.10. The summed E-state index contributed by atoms with van der Waals surface area (Å²) in [6.07, 6.45) is 4.18. The third-order valence-corrected chi connectivity index (χ3v) is 3.43. The van der Waals surface area contributed by atoms with Gasteiger partial charge in [0.2, 0.25) is 10.0 Å². The van der Waals surface area contributed by atoms with Gasteiger partial charge in [-0.25, -0.2) is 13.1 Å². The zero-order valence-electron chi connectivity index (χ0n) is 10.1. The summed E-state index contributed by atoms with van der Waals surface area (Å²) in [7, 11) is -3.20. The highest BCUT2D eigenvalue weighted by Gasteiger charge is 2.16. The number of nitrogens with zero attached hydrogens (tertiary/aromatic N) is 2. The van der Waals surface area contributed by atoms with Crippen molar-refractivity contribution in [2.24, 2.45) is 0 Å². The number of nitro groups is 1. The van der Waals surface area contributed by atoms with Crippen LogP contribution in [-0.4, -0.2) is 37.7 Å². The molecule has 1 aromatic heterocycles. The summed E-state index contributed by atoms with van der Waals surface area (Å²) in [6, 6.07) is 0. The van der Waals surface area contributed by atoms with Crippen LogP contribution in [0.15, 0.2) is 16.9 Å². The molecule has 0 saturated heterocycles. The molecule has 0 bridgehead atoms. The first-order valence-corrected chi connectivity index (χ1v) is 7.96. The molecule has 0 amide bonds. The van der Waals surface area contributed by atoms with E-state index >= 15 is 0 Å². The maximum atomic E-state index is 10.8. The van der Waals surface area contributed by atoms with Gasteiger partial charge in [0, 0.05) is 19.3 Å². The lowest BCUT2D eigenvalue weighted by molar-refractivity contribution is -0.384. The van der Waals surface area contributed by atoms with E-state index in [1.807, 2.05) is 0 Å². The summed E-state index contributed by atoms with van der Waals surface area (Å²) < 4.78 is 24.5. The van der Waals surface area contributed by atoms with Crippen molar-refractivity contribution in [3.05, 3.63) is 27.0 Å². The number of sulfonamides is 1. The topological polar surface area (TPSA) is 114 Å². The van der Waals surface area contributed by atoms with Crippen LogP contribution in [0.5, 0.6) is 0 Å². The van der Waals surface area contributed by atoms with E-state index in [4.69, 9.17) is 0 Å². The van der Waals surface area contributed by atoms with E-state index in [1.165, 1.54) is 6.20 Å². The van der Waals surface area contributed by atoms with Gasteiger partial charge in [-0.3, -0.25) is 15.1 Å². The molecule has 19 heavy (non-hydrogen) atoms. The number of aromatic nitrogens is 1. The predicted octanol–water partition coefficient (Wildman–Crippen LogP) is 1.10. The number of pyridine rings is 1. The van der Waals surface area contributed by atoms with Gasteiger partial charge in [-0.2, -0.15) is 0 Å². The summed E-state index contributed by atoms with van der Waals surface area (Å²) in [4.78, 5) is 14.0. The number of anilines is 1. The molecule has 0 fully saturated rings. The highest BCUT2D eigenvalue weighted by atomic mass is 79.9. The lowest BCUT2D eigenvalue weighted by Crippen LogP contribution is -2.24. The molecule has 0 unspecified atom stereocenters. The summed E-state index contributed by atoms with van der Waals surface area (Å²) >= 11 is 3.18. The molecule has 10 heteroatoms. The first kappa shape index (κ1) is 15.8. The second kappa shape index (κ2) is 6.78. The van der Waals surface area contributed by atoms with Crippen molar-refractivity contribution < 1.29 is 13.3 Å². The average molecular weight is 353 g/mol. The number of nitrogens with one attached hydrogen (secondary N) is 2. The largest absolute Gasteiger partial charge is 0.378 e. The molecule has 0 saturated carbocycles. The molecule has 2 N–H and O–H groups in total. The number of rotatable bonds is 7. The lowest BCUT2D eigenvalue weighted by atomic mass is 10.3. The third kappa shape index (κ3) is 5.49. The van der Waals surface area contributed by atoms with Crippen LogP contribution in [0.25, 0.3) is 0 Å². The summed E-state index contributed by atoms with van der Waals surface area (Å²) in [5.41, 5.74) is 0.199. The molecule has 0 aliphatic carbocycles. The Morgan fingerprint density at radius 1 is 1.42 bits per heavy atom. The van der Waals surface area contributed by atoms with E-state index in [-0.39, 0.29) is 12.2 Å². The van der Waals surface area contributed by atoms with Crippen LogP contribution >= 0.6 is 15.9 Å². The fraction of sp³-hybridized carbons (Fsp3) is 0.444. The van der Waals surface area contributed by atoms with Crippen molar-refractivity contribution in [1.82, 2.24) is 9.71 Å². The number of hydrogen-bond donors (Lipinski definition) is 2. The van der Waals surface area contributed by atoms with Crippen molar-refractivity contribution in [3.8, 4) is 0 Å². The van der Waals surface area contributed by atoms with Gasteiger partial charge in [-0.05, 0) is 22.4 Å². The molecule has 0 aliphatic heterocycles. The highest BCUT2D eigenvalue weighted by Crippen LogP contribution is 2.30. The van der Waals surface area contributed by atoms with E-state index in [0.29, 0.717) is 23.1 Å². The molecule has 0 aliphatic rings. The van der Waals surface area contributed by atoms with E-state index in [9.17, 15) is 18.5 Å². The van der Waals surface area contributed by atoms with Crippen LogP contribution in [0.4, 0.5) is 11.4 Å². The maximum Gasteiger partial charge on any atom is 0.311 e. The van der Waals surface area contributed by atoms with Crippen LogP contribution in [0.3, 0.4) is 0 Å². The van der Waals surface area contributed by atoms with Crippen LogP contribution in [0, 0.1) is 10.1 Å². The summed E-state index contributed by atoms with van der Waals surface area (Å²) in [5.74, 6) is 0. The van der Waals surface area contributed by atoms with E-state index in [0.717, 1.165) is 12.5 Å². The predicted molar refractivity (Wildman–Crippen MR) is 74.5 cm³/mol. The molecule has 0 atom stereocenters. The SMILES string of the molecule is CS(=O)(=O)NCCCNc1c(Br)cncc1[N+](=O)[O-]. The van der Waals surface area contributed by atoms with Gasteiger partial charge in [0.25, 0.3) is 0 Å². The molecular weight excluding hydrogens is 340 g/mol. The molecule has 106 valence electrons. The summed E-state index contributed by atoms with van der Waals surface area (Å²) in [5, 5.41) is 13.7. The fourth-order valence-corrected chi connectivity index (χ4v) is 2.27. The Morgan fingerprint density at radius 3 is 2.68 bits per heavy atom. The smallest absolute Gasteiger partial charge is 0.311 e. The molecule has 0 spiro atoms. The molecule has 0 aromatic carbocycles. The van der Waals surface area contributed by atoms with Crippen molar-refractivity contribution >= 4 is 37.3 Å². The monoisotopic (exact) mass is 352 g/mol. The van der Waals surface area contributed by atoms with E-state index < -0.39 is 14.9 Å². The van der Waals surface area contributed by atoms with Gasteiger partial charge in [0.1, 0.15) is 11.9 Å². The van der Waals surface area contributed by atoms with Crippen LogP contribution in [0.1, 0.15) is 6.42 Å². The zero-order chi connectivity index (χ0) is 14.5. The first-order chi connectivity index (χ1) is 8.81. The van der Waals surface area contributed by atoms with Gasteiger partial charge in [-0.15, -0.1) is 0 Å². The standard InChI is InChI=1S/C9H13BrN4O4S/c1-19(17,18)13-4-2-3-12-9-7(10)5-11-6-8(9)14(15)16/h5-6,13H,2-4H2,1H3,(H,11,12). The minimum atomic E-state index is -3.20. The van der Waals surface area contributed by atoms with Gasteiger partial charge >= 0.3 is 5.69 Å². The van der Waals surface area contributed by atoms with Crippen LogP contribution < -0.4 is 10.0 Å². The van der Waals surface area contributed by atoms with E-state index in [2.05, 4.69) is 31.0 Å². The van der Waals surface area contributed by atoms with Crippen LogP contribution in [0.2, 0.25) is 0 Å². The number of halogens is 1. The first-order valence-electron chi connectivity index (χ1n) is 5.27. The van der Waals surface area contributed by atoms with Crippen molar-refractivity contribution in [3.63, 3.8) is 0 Å². The summed E-state index contributed by atoms with van der Waals surface area (Å²) in [6.45, 7) is 0.661. The van der Waals surface area contributed by atoms with Gasteiger partial charge in [0.15, 0.2) is 0 Å². The molecule has 1 rings (SSSR count). The number of hydrogen-bond acceptors (Lipinski definition) is 6. The normalized spacial score (nSPS) is 11.3. The Bertz CT molecular complexity index is 563. The molecule has 1 heterocycles. The van der Waals surface area contributed by atoms with Gasteiger partial charge in [-0.1, -0.05) is 0 Å². The van der Waals surface area contributed by atoms with E-state index in [1.54, 1.807) is 0 Å². The molecule has 8 nitrogen and oxygen atoms in total. The Balaban J connectivity index is 2.56. The fourth-order valence-electron chi connectivity index (χ4n) is 1.30. The van der Waals surface area contributed by atoms with Gasteiger partial charge < -0.3 is 5.32 Å². The van der Waals surface area contributed by atoms with Crippen LogP contribution in [-0.2, 0) is 10.0 Å². The zero-order valence-corrected chi connectivity index (χ0v) is 12.5. The second-order valence-electron chi connectivity index (χ2n) is 3.72. The van der Waals surface area contributed by atoms with Gasteiger partial charge in [0.05, 0.1) is 15.7 Å². The molecule has 0 radical (unpaired) electrons. The quantitative estimate of drug-likeness (QED) is 0.431. The van der Waals surface area contributed by atoms with Crippen molar-refractivity contribution in [2.75, 3.05) is 24.7 Å². The third-order valence-electron chi connectivity index (χ3n) is 2.10. The van der Waals surface area contributed by atoms with Crippen molar-refractivity contribution in [2.45, 2.75) is 6.42 Å². The second-order valence-corrected chi connectivity index (χ2v) is 6.41. The average Bonchev–Trinajstić information content (AvgIpc) is 2.28. The minimum absolute atomic E-state index is 0.134. The Hall–Kier alpha value is -1.26. The maximum absolute atomic E-state index is 10.8. The lowest BCUT2D eigenvalue weighted by Gasteiger charge is -2.08. The minimum Gasteiger partial charge on any atom is -0.378 e. The Morgan fingerprint density at radius 2 is 2.11 bits per heavy atom. The molecule has 1 aromatic rings. The Kier molecular flexibility index (Phi) is 5.63.